The fraction of sp³-hybridized carbons (Fsp3) is 0.615. The fourth-order valence-electron chi connectivity index (χ4n) is 2.61. The second-order valence-corrected chi connectivity index (χ2v) is 4.83. The minimum absolute atomic E-state index is 0. The Balaban J connectivity index is 0.00000162. The van der Waals surface area contributed by atoms with Crippen LogP contribution >= 0.6 is 12.4 Å². The molecule has 2 atom stereocenters. The van der Waals surface area contributed by atoms with Crippen molar-refractivity contribution in [2.24, 2.45) is 11.7 Å². The highest BCUT2D eigenvalue weighted by Crippen LogP contribution is 2.25. The minimum atomic E-state index is -0.0373. The largest absolute Gasteiger partial charge is 0.466 e. The van der Waals surface area contributed by atoms with Crippen LogP contribution in [0.2, 0.25) is 0 Å². The number of nitrogens with two attached hydrogens (primary N) is 1. The van der Waals surface area contributed by atoms with Crippen LogP contribution in [0.1, 0.15) is 41.1 Å². The average molecular weight is 273 g/mol. The van der Waals surface area contributed by atoms with E-state index in [9.17, 15) is 4.79 Å². The lowest BCUT2D eigenvalue weighted by Crippen LogP contribution is -2.39. The van der Waals surface area contributed by atoms with Crippen molar-refractivity contribution in [3.63, 3.8) is 0 Å². The number of halogens is 1. The van der Waals surface area contributed by atoms with E-state index in [2.05, 4.69) is 5.32 Å². The number of furan rings is 1. The lowest BCUT2D eigenvalue weighted by Gasteiger charge is -2.19. The number of nitrogens with one attached hydrogen (secondary N) is 1. The maximum Gasteiger partial charge on any atom is 0.255 e. The molecule has 18 heavy (non-hydrogen) atoms. The van der Waals surface area contributed by atoms with E-state index in [-0.39, 0.29) is 24.4 Å². The maximum absolute atomic E-state index is 12.1. The molecule has 1 saturated carbocycles. The number of aryl methyl sites for hydroxylation is 2. The molecule has 4 nitrogen and oxygen atoms in total. The third kappa shape index (κ3) is 3.06. The van der Waals surface area contributed by atoms with Crippen LogP contribution in [-0.2, 0) is 0 Å². The number of amides is 1. The smallest absolute Gasteiger partial charge is 0.255 e. The lowest BCUT2D eigenvalue weighted by atomic mass is 10.0. The van der Waals surface area contributed by atoms with Crippen molar-refractivity contribution in [3.05, 3.63) is 23.2 Å². The highest BCUT2D eigenvalue weighted by Gasteiger charge is 2.28. The van der Waals surface area contributed by atoms with Crippen LogP contribution in [0.25, 0.3) is 0 Å². The molecule has 3 N–H and O–H groups in total. The molecule has 2 unspecified atom stereocenters. The van der Waals surface area contributed by atoms with Gasteiger partial charge in [0, 0.05) is 6.04 Å². The van der Waals surface area contributed by atoms with Gasteiger partial charge in [-0.2, -0.15) is 0 Å². The van der Waals surface area contributed by atoms with Crippen LogP contribution in [0.5, 0.6) is 0 Å². The van der Waals surface area contributed by atoms with Gasteiger partial charge in [0.15, 0.2) is 0 Å². The Morgan fingerprint density at radius 2 is 2.22 bits per heavy atom. The molecule has 1 heterocycles. The van der Waals surface area contributed by atoms with Gasteiger partial charge in [-0.15, -0.1) is 12.4 Å². The van der Waals surface area contributed by atoms with E-state index < -0.39 is 0 Å². The summed E-state index contributed by atoms with van der Waals surface area (Å²) in [5, 5.41) is 3.07. The Labute approximate surface area is 114 Å². The summed E-state index contributed by atoms with van der Waals surface area (Å²) in [6.07, 6.45) is 3.30. The summed E-state index contributed by atoms with van der Waals surface area (Å²) in [5.41, 5.74) is 6.35. The summed E-state index contributed by atoms with van der Waals surface area (Å²) in [6.45, 7) is 4.31. The number of hydrogen-bond donors (Lipinski definition) is 2. The molecular formula is C13H21ClN2O2. The van der Waals surface area contributed by atoms with Crippen molar-refractivity contribution < 1.29 is 9.21 Å². The number of hydrogen-bond acceptors (Lipinski definition) is 3. The predicted molar refractivity (Wildman–Crippen MR) is 73.1 cm³/mol. The normalized spacial score (nSPS) is 22.6. The van der Waals surface area contributed by atoms with Gasteiger partial charge in [0.25, 0.3) is 5.91 Å². The summed E-state index contributed by atoms with van der Waals surface area (Å²) in [4.78, 5) is 12.1. The first kappa shape index (κ1) is 15.1. The first-order valence-electron chi connectivity index (χ1n) is 6.19. The molecule has 5 heteroatoms. The molecule has 1 aliphatic carbocycles. The van der Waals surface area contributed by atoms with Crippen molar-refractivity contribution >= 4 is 18.3 Å². The standard InChI is InChI=1S/C13H20N2O2.ClH/c1-8-6-11(9(2)17-8)13(16)15-12-5-3-4-10(12)7-14;/h6,10,12H,3-5,7,14H2,1-2H3,(H,15,16);1H. The van der Waals surface area contributed by atoms with Crippen LogP contribution in [0.3, 0.4) is 0 Å². The van der Waals surface area contributed by atoms with E-state index in [0.29, 0.717) is 23.8 Å². The highest BCUT2D eigenvalue weighted by atomic mass is 35.5. The van der Waals surface area contributed by atoms with Crippen molar-refractivity contribution in [2.45, 2.75) is 39.2 Å². The molecule has 0 aromatic carbocycles. The molecule has 1 fully saturated rings. The summed E-state index contributed by atoms with van der Waals surface area (Å²) in [6, 6.07) is 2.01. The van der Waals surface area contributed by atoms with E-state index in [4.69, 9.17) is 10.2 Å². The molecule has 1 aromatic heterocycles. The number of carbonyl (C=O) groups excluding carboxylic acids is 1. The predicted octanol–water partition coefficient (Wildman–Crippen LogP) is 2.18. The van der Waals surface area contributed by atoms with Gasteiger partial charge in [0.1, 0.15) is 11.5 Å². The zero-order valence-corrected chi connectivity index (χ0v) is 11.7. The van der Waals surface area contributed by atoms with Gasteiger partial charge in [-0.3, -0.25) is 4.79 Å². The van der Waals surface area contributed by atoms with E-state index in [1.165, 1.54) is 0 Å². The van der Waals surface area contributed by atoms with Gasteiger partial charge in [-0.25, -0.2) is 0 Å². The van der Waals surface area contributed by atoms with E-state index in [1.54, 1.807) is 6.07 Å². The van der Waals surface area contributed by atoms with Crippen LogP contribution < -0.4 is 11.1 Å². The summed E-state index contributed by atoms with van der Waals surface area (Å²) >= 11 is 0. The Kier molecular flexibility index (Phi) is 5.23. The third-order valence-corrected chi connectivity index (χ3v) is 3.56. The molecule has 0 radical (unpaired) electrons. The number of rotatable bonds is 3. The maximum atomic E-state index is 12.1. The average Bonchev–Trinajstić information content (AvgIpc) is 2.84. The van der Waals surface area contributed by atoms with E-state index in [0.717, 1.165) is 25.0 Å². The molecule has 1 aromatic rings. The number of carbonyl (C=O) groups is 1. The lowest BCUT2D eigenvalue weighted by molar-refractivity contribution is 0.0927. The minimum Gasteiger partial charge on any atom is -0.466 e. The van der Waals surface area contributed by atoms with Gasteiger partial charge in [0.05, 0.1) is 5.56 Å². The molecule has 0 aliphatic heterocycles. The van der Waals surface area contributed by atoms with Crippen LogP contribution in [0, 0.1) is 19.8 Å². The highest BCUT2D eigenvalue weighted by molar-refractivity contribution is 5.95. The third-order valence-electron chi connectivity index (χ3n) is 3.56. The molecule has 2 rings (SSSR count). The summed E-state index contributed by atoms with van der Waals surface area (Å²) in [5.74, 6) is 1.84. The van der Waals surface area contributed by atoms with Gasteiger partial charge < -0.3 is 15.5 Å². The first-order chi connectivity index (χ1) is 8.11. The molecular weight excluding hydrogens is 252 g/mol. The van der Waals surface area contributed by atoms with Gasteiger partial charge in [-0.1, -0.05) is 6.42 Å². The van der Waals surface area contributed by atoms with Crippen molar-refractivity contribution in [3.8, 4) is 0 Å². The quantitative estimate of drug-likeness (QED) is 0.886. The van der Waals surface area contributed by atoms with Crippen LogP contribution in [0.15, 0.2) is 10.5 Å². The van der Waals surface area contributed by atoms with E-state index >= 15 is 0 Å². The van der Waals surface area contributed by atoms with Gasteiger partial charge in [0.2, 0.25) is 0 Å². The molecule has 102 valence electrons. The molecule has 1 amide bonds. The summed E-state index contributed by atoms with van der Waals surface area (Å²) < 4.78 is 5.37. The fourth-order valence-corrected chi connectivity index (χ4v) is 2.61. The zero-order chi connectivity index (χ0) is 12.4. The van der Waals surface area contributed by atoms with Crippen LogP contribution in [-0.4, -0.2) is 18.5 Å². The Morgan fingerprint density at radius 1 is 1.50 bits per heavy atom. The van der Waals surface area contributed by atoms with Gasteiger partial charge >= 0.3 is 0 Å². The van der Waals surface area contributed by atoms with Crippen molar-refractivity contribution in [1.29, 1.82) is 0 Å². The monoisotopic (exact) mass is 272 g/mol. The second kappa shape index (κ2) is 6.25. The topological polar surface area (TPSA) is 68.3 Å². The second-order valence-electron chi connectivity index (χ2n) is 4.83. The molecule has 0 saturated heterocycles. The molecule has 0 spiro atoms. The van der Waals surface area contributed by atoms with Crippen molar-refractivity contribution in [2.75, 3.05) is 6.54 Å². The SMILES string of the molecule is Cc1cc(C(=O)NC2CCCC2CN)c(C)o1.Cl. The first-order valence-corrected chi connectivity index (χ1v) is 6.19. The summed E-state index contributed by atoms with van der Waals surface area (Å²) in [7, 11) is 0. The Bertz CT molecular complexity index is 417. The van der Waals surface area contributed by atoms with E-state index in [1.807, 2.05) is 13.8 Å². The van der Waals surface area contributed by atoms with Gasteiger partial charge in [-0.05, 0) is 45.2 Å². The van der Waals surface area contributed by atoms with Crippen molar-refractivity contribution in [1.82, 2.24) is 5.32 Å². The molecule has 1 aliphatic rings. The Hall–Kier alpha value is -1.000. The Morgan fingerprint density at radius 3 is 2.78 bits per heavy atom. The van der Waals surface area contributed by atoms with Crippen LogP contribution in [0.4, 0.5) is 0 Å². The zero-order valence-electron chi connectivity index (χ0n) is 10.9. The molecule has 0 bridgehead atoms.